The zero-order chi connectivity index (χ0) is 33.0. The van der Waals surface area contributed by atoms with Crippen LogP contribution in [0.3, 0.4) is 0 Å². The Bertz CT molecular complexity index is 2510. The van der Waals surface area contributed by atoms with Gasteiger partial charge < -0.3 is 0 Å². The molecule has 0 bridgehead atoms. The molecule has 0 unspecified atom stereocenters. The summed E-state index contributed by atoms with van der Waals surface area (Å²) in [7, 11) is 0. The predicted molar refractivity (Wildman–Crippen MR) is 189 cm³/mol. The van der Waals surface area contributed by atoms with E-state index in [9.17, 15) is 0 Å². The van der Waals surface area contributed by atoms with Crippen LogP contribution in [0.4, 0.5) is 0 Å². The molecule has 0 atom stereocenters. The molecular formula is C38H20N12. The first-order valence-corrected chi connectivity index (χ1v) is 15.6. The van der Waals surface area contributed by atoms with Gasteiger partial charge in [-0.3, -0.25) is 0 Å². The molecule has 0 N–H and O–H groups in total. The maximum atomic E-state index is 4.47. The highest BCUT2D eigenvalue weighted by Crippen LogP contribution is 2.46. The summed E-state index contributed by atoms with van der Waals surface area (Å²) in [5.41, 5.74) is 3.51. The third kappa shape index (κ3) is 4.39. The van der Waals surface area contributed by atoms with E-state index in [0.717, 1.165) is 76.1 Å². The topological polar surface area (TPSA) is 155 Å². The lowest BCUT2D eigenvalue weighted by molar-refractivity contribution is 1.06. The molecule has 12 heteroatoms. The first kappa shape index (κ1) is 27.7. The second-order valence-corrected chi connectivity index (χ2v) is 11.6. The Kier molecular flexibility index (Phi) is 6.18. The van der Waals surface area contributed by atoms with Crippen LogP contribution in [0.15, 0.2) is 123 Å². The molecule has 6 aromatic carbocycles. The van der Waals surface area contributed by atoms with Crippen LogP contribution in [0, 0.1) is 0 Å². The smallest absolute Gasteiger partial charge is 0.162 e. The van der Waals surface area contributed by atoms with Crippen LogP contribution in [-0.4, -0.2) is 59.8 Å². The Hall–Kier alpha value is -7.34. The van der Waals surface area contributed by atoms with Crippen molar-refractivity contribution in [3.63, 3.8) is 0 Å². The van der Waals surface area contributed by atoms with Gasteiger partial charge in [-0.2, -0.15) is 0 Å². The fraction of sp³-hybridized carbons (Fsp3) is 0. The number of hydrogen-bond acceptors (Lipinski definition) is 12. The van der Waals surface area contributed by atoms with E-state index in [2.05, 4.69) is 133 Å². The van der Waals surface area contributed by atoms with Gasteiger partial charge in [0.1, 0.15) is 50.6 Å². The van der Waals surface area contributed by atoms with E-state index >= 15 is 0 Å². The lowest BCUT2D eigenvalue weighted by atomic mass is 9.85. The first-order chi connectivity index (χ1) is 24.8. The zero-order valence-corrected chi connectivity index (χ0v) is 25.9. The van der Waals surface area contributed by atoms with Gasteiger partial charge in [0.25, 0.3) is 0 Å². The molecule has 0 amide bonds. The molecule has 0 saturated heterocycles. The van der Waals surface area contributed by atoms with Crippen molar-refractivity contribution >= 4 is 53.9 Å². The Morgan fingerprint density at radius 3 is 0.680 bits per heavy atom. The van der Waals surface area contributed by atoms with Crippen LogP contribution in [0.2, 0.25) is 0 Å². The molecule has 4 aromatic heterocycles. The third-order valence-corrected chi connectivity index (χ3v) is 8.99. The number of nitrogens with zero attached hydrogens (tertiary/aromatic N) is 12. The fourth-order valence-electron chi connectivity index (χ4n) is 6.88. The van der Waals surface area contributed by atoms with Gasteiger partial charge in [0.15, 0.2) is 23.3 Å². The molecule has 10 rings (SSSR count). The van der Waals surface area contributed by atoms with Gasteiger partial charge >= 0.3 is 0 Å². The number of aromatic nitrogens is 12. The quantitative estimate of drug-likeness (QED) is 0.184. The fourth-order valence-corrected chi connectivity index (χ4v) is 6.88. The molecule has 0 aliphatic carbocycles. The molecule has 0 fully saturated rings. The Morgan fingerprint density at radius 1 is 0.240 bits per heavy atom. The summed E-state index contributed by atoms with van der Waals surface area (Å²) in [4.78, 5) is 51.9. The summed E-state index contributed by atoms with van der Waals surface area (Å²) in [5, 5.41) is 10.6. The molecule has 0 spiro atoms. The zero-order valence-electron chi connectivity index (χ0n) is 25.9. The highest BCUT2D eigenvalue weighted by molar-refractivity contribution is 6.40. The van der Waals surface area contributed by atoms with E-state index in [4.69, 9.17) is 0 Å². The minimum Gasteiger partial charge on any atom is -0.225 e. The lowest BCUT2D eigenvalue weighted by Crippen LogP contribution is -1.94. The van der Waals surface area contributed by atoms with Crippen LogP contribution >= 0.6 is 0 Å². The van der Waals surface area contributed by atoms with Gasteiger partial charge in [0.2, 0.25) is 0 Å². The van der Waals surface area contributed by atoms with E-state index in [1.807, 2.05) is 0 Å². The lowest BCUT2D eigenvalue weighted by Gasteiger charge is -2.18. The average Bonchev–Trinajstić information content (AvgIpc) is 3.21. The summed E-state index contributed by atoms with van der Waals surface area (Å²) in [6.07, 6.45) is 12.1. The summed E-state index contributed by atoms with van der Waals surface area (Å²) < 4.78 is 0. The molecule has 0 radical (unpaired) electrons. The van der Waals surface area contributed by atoms with Crippen molar-refractivity contribution in [1.29, 1.82) is 0 Å². The predicted octanol–water partition coefficient (Wildman–Crippen LogP) is 6.86. The molecule has 232 valence electrons. The number of benzene rings is 6. The number of hydrogen-bond donors (Lipinski definition) is 0. The standard InChI is InChI=1S/C38H20N12/c1-5-25-26-6-2-22(36-45-15-40-16-46-36)10-30(26)34-32-12-24(38-49-19-42-20-50-38)4-8-28(32)27-7-3-23(37-47-17-41-18-48-37)11-31(27)33(34)29(25)9-21(1)35-43-13-39-14-44-35/h1-20H. The van der Waals surface area contributed by atoms with Gasteiger partial charge in [0.05, 0.1) is 0 Å². The van der Waals surface area contributed by atoms with Crippen molar-refractivity contribution in [1.82, 2.24) is 59.8 Å². The largest absolute Gasteiger partial charge is 0.225 e. The molecular weight excluding hydrogens is 625 g/mol. The van der Waals surface area contributed by atoms with Crippen molar-refractivity contribution in [3.8, 4) is 45.6 Å². The monoisotopic (exact) mass is 644 g/mol. The van der Waals surface area contributed by atoms with Gasteiger partial charge in [-0.15, -0.1) is 0 Å². The maximum absolute atomic E-state index is 4.47. The Morgan fingerprint density at radius 2 is 0.460 bits per heavy atom. The van der Waals surface area contributed by atoms with Gasteiger partial charge in [-0.1, -0.05) is 48.5 Å². The highest BCUT2D eigenvalue weighted by atomic mass is 15.0. The minimum absolute atomic E-state index is 0.591. The molecule has 50 heavy (non-hydrogen) atoms. The molecule has 4 heterocycles. The molecule has 10 aromatic rings. The van der Waals surface area contributed by atoms with Gasteiger partial charge in [0, 0.05) is 22.3 Å². The van der Waals surface area contributed by atoms with Gasteiger partial charge in [-0.05, 0) is 78.1 Å². The van der Waals surface area contributed by atoms with Crippen LogP contribution in [0.1, 0.15) is 0 Å². The van der Waals surface area contributed by atoms with Crippen molar-refractivity contribution in [3.05, 3.63) is 123 Å². The van der Waals surface area contributed by atoms with E-state index in [0.29, 0.717) is 23.3 Å². The Labute approximate surface area is 282 Å². The first-order valence-electron chi connectivity index (χ1n) is 15.6. The highest BCUT2D eigenvalue weighted by Gasteiger charge is 2.20. The van der Waals surface area contributed by atoms with Crippen molar-refractivity contribution < 1.29 is 0 Å². The summed E-state index contributed by atoms with van der Waals surface area (Å²) >= 11 is 0. The van der Waals surface area contributed by atoms with Crippen LogP contribution in [0.25, 0.3) is 99.4 Å². The summed E-state index contributed by atoms with van der Waals surface area (Å²) in [6, 6.07) is 25.5. The summed E-state index contributed by atoms with van der Waals surface area (Å²) in [6.45, 7) is 0. The Balaban J connectivity index is 1.44. The van der Waals surface area contributed by atoms with Crippen molar-refractivity contribution in [2.75, 3.05) is 0 Å². The number of fused-ring (bicyclic) bond motifs is 11. The van der Waals surface area contributed by atoms with Crippen LogP contribution in [0.5, 0.6) is 0 Å². The van der Waals surface area contributed by atoms with Gasteiger partial charge in [-0.25, -0.2) is 59.8 Å². The molecule has 0 saturated carbocycles. The average molecular weight is 645 g/mol. The number of rotatable bonds is 4. The maximum Gasteiger partial charge on any atom is 0.162 e. The van der Waals surface area contributed by atoms with Crippen molar-refractivity contribution in [2.24, 2.45) is 0 Å². The second-order valence-electron chi connectivity index (χ2n) is 11.6. The molecule has 0 aliphatic heterocycles. The molecule has 12 nitrogen and oxygen atoms in total. The van der Waals surface area contributed by atoms with Crippen LogP contribution in [-0.2, 0) is 0 Å². The summed E-state index contributed by atoms with van der Waals surface area (Å²) in [5.74, 6) is 2.36. The molecule has 0 aliphatic rings. The van der Waals surface area contributed by atoms with E-state index in [-0.39, 0.29) is 0 Å². The second kappa shape index (κ2) is 11.1. The van der Waals surface area contributed by atoms with E-state index < -0.39 is 0 Å². The third-order valence-electron chi connectivity index (χ3n) is 8.99. The minimum atomic E-state index is 0.591. The van der Waals surface area contributed by atoms with Crippen LogP contribution < -0.4 is 0 Å². The van der Waals surface area contributed by atoms with E-state index in [1.54, 1.807) is 0 Å². The van der Waals surface area contributed by atoms with E-state index in [1.165, 1.54) is 50.6 Å². The van der Waals surface area contributed by atoms with Crippen molar-refractivity contribution in [2.45, 2.75) is 0 Å². The SMILES string of the molecule is c1ncnc(-c2ccc3c4ccc(-c5ncncn5)cc4c4c5cc(-c6ncncn6)ccc5c5ccc(-c6ncncn6)cc5c4c3c2)n1. The normalized spacial score (nSPS) is 11.6.